The van der Waals surface area contributed by atoms with Gasteiger partial charge in [-0.05, 0) is 30.9 Å². The van der Waals surface area contributed by atoms with Crippen molar-refractivity contribution in [3.05, 3.63) is 23.9 Å². The molecule has 150 valence electrons. The summed E-state index contributed by atoms with van der Waals surface area (Å²) in [5, 5.41) is 0. The Labute approximate surface area is 166 Å². The van der Waals surface area contributed by atoms with Crippen molar-refractivity contribution in [3.63, 3.8) is 0 Å². The lowest BCUT2D eigenvalue weighted by Gasteiger charge is -2.49. The molecule has 4 aliphatic rings. The van der Waals surface area contributed by atoms with Gasteiger partial charge in [-0.2, -0.15) is 0 Å². The van der Waals surface area contributed by atoms with E-state index in [0.717, 1.165) is 25.3 Å². The number of ether oxygens (including phenoxy) is 1. The van der Waals surface area contributed by atoms with Gasteiger partial charge in [0.2, 0.25) is 5.91 Å². The van der Waals surface area contributed by atoms with Gasteiger partial charge in [0, 0.05) is 56.0 Å². The molecule has 1 aromatic rings. The summed E-state index contributed by atoms with van der Waals surface area (Å²) in [4.78, 5) is 32.5. The fourth-order valence-corrected chi connectivity index (χ4v) is 5.32. The molecular formula is C22H29N3O3. The first-order valence-electron chi connectivity index (χ1n) is 10.7. The van der Waals surface area contributed by atoms with Crippen molar-refractivity contribution in [3.8, 4) is 0 Å². The molecule has 1 aromatic heterocycles. The first-order valence-corrected chi connectivity index (χ1v) is 10.7. The summed E-state index contributed by atoms with van der Waals surface area (Å²) in [7, 11) is 0. The van der Waals surface area contributed by atoms with Crippen LogP contribution in [0.15, 0.2) is 18.3 Å². The van der Waals surface area contributed by atoms with Gasteiger partial charge in [0.25, 0.3) is 0 Å². The Morgan fingerprint density at radius 2 is 2.00 bits per heavy atom. The second-order valence-corrected chi connectivity index (χ2v) is 9.30. The van der Waals surface area contributed by atoms with Crippen LogP contribution in [0.2, 0.25) is 0 Å². The van der Waals surface area contributed by atoms with Gasteiger partial charge in [-0.15, -0.1) is 0 Å². The highest BCUT2D eigenvalue weighted by Gasteiger charge is 2.45. The fourth-order valence-electron chi connectivity index (χ4n) is 5.32. The van der Waals surface area contributed by atoms with Crippen LogP contribution in [0.4, 0.5) is 5.82 Å². The third kappa shape index (κ3) is 3.38. The average molecular weight is 383 g/mol. The number of pyridine rings is 1. The van der Waals surface area contributed by atoms with Gasteiger partial charge in [0.05, 0.1) is 13.0 Å². The molecule has 5 rings (SSSR count). The molecule has 0 bridgehead atoms. The Morgan fingerprint density at radius 1 is 1.21 bits per heavy atom. The smallest absolute Gasteiger partial charge is 0.306 e. The summed E-state index contributed by atoms with van der Waals surface area (Å²) in [5.41, 5.74) is 1.83. The quantitative estimate of drug-likeness (QED) is 0.732. The highest BCUT2D eigenvalue weighted by atomic mass is 16.5. The van der Waals surface area contributed by atoms with Gasteiger partial charge in [-0.1, -0.05) is 18.9 Å². The molecule has 1 saturated carbocycles. The maximum Gasteiger partial charge on any atom is 0.306 e. The second kappa shape index (κ2) is 7.05. The fraction of sp³-hybridized carbons (Fsp3) is 0.682. The van der Waals surface area contributed by atoms with Gasteiger partial charge in [-0.3, -0.25) is 9.59 Å². The third-order valence-corrected chi connectivity index (χ3v) is 7.22. The molecule has 0 unspecified atom stereocenters. The molecule has 1 amide bonds. The first-order chi connectivity index (χ1) is 13.6. The minimum absolute atomic E-state index is 0.131. The molecule has 4 heterocycles. The van der Waals surface area contributed by atoms with E-state index in [2.05, 4.69) is 17.0 Å². The van der Waals surface area contributed by atoms with E-state index in [1.165, 1.54) is 44.3 Å². The van der Waals surface area contributed by atoms with Crippen LogP contribution in [0, 0.1) is 11.3 Å². The van der Waals surface area contributed by atoms with Crippen LogP contribution < -0.4 is 4.90 Å². The van der Waals surface area contributed by atoms with Gasteiger partial charge in [-0.25, -0.2) is 4.98 Å². The Kier molecular flexibility index (Phi) is 4.52. The van der Waals surface area contributed by atoms with Crippen molar-refractivity contribution in [2.24, 2.45) is 11.3 Å². The van der Waals surface area contributed by atoms with Crippen molar-refractivity contribution in [1.82, 2.24) is 9.88 Å². The largest absolute Gasteiger partial charge is 0.465 e. The van der Waals surface area contributed by atoms with Gasteiger partial charge in [0.15, 0.2) is 0 Å². The van der Waals surface area contributed by atoms with E-state index in [1.54, 1.807) is 0 Å². The maximum atomic E-state index is 12.3. The number of cyclic esters (lactones) is 1. The third-order valence-electron chi connectivity index (χ3n) is 7.22. The van der Waals surface area contributed by atoms with E-state index in [0.29, 0.717) is 30.8 Å². The molecule has 3 saturated heterocycles. The molecule has 1 atom stereocenters. The number of hydrogen-bond acceptors (Lipinski definition) is 5. The van der Waals surface area contributed by atoms with Crippen LogP contribution >= 0.6 is 0 Å². The molecular weight excluding hydrogens is 354 g/mol. The number of likely N-dealkylation sites (tertiary alicyclic amines) is 1. The van der Waals surface area contributed by atoms with Crippen LogP contribution in [-0.2, 0) is 14.3 Å². The predicted octanol–water partition coefficient (Wildman–Crippen LogP) is 2.73. The standard InChI is InChI=1S/C22H29N3O3/c26-20(6-3-16-9-21(27)28-13-16)24-11-18(12-24)17-4-5-19(23-10-17)25-14-22(15-25)7-1-2-8-22/h4-5,10,16,18H,1-3,6-9,11-15H2/t16-/m0/s1. The Balaban J connectivity index is 1.07. The monoisotopic (exact) mass is 383 g/mol. The topological polar surface area (TPSA) is 62.7 Å². The maximum absolute atomic E-state index is 12.3. The summed E-state index contributed by atoms with van der Waals surface area (Å²) in [6, 6.07) is 4.34. The molecule has 0 N–H and O–H groups in total. The minimum atomic E-state index is -0.131. The Bertz CT molecular complexity index is 743. The lowest BCUT2D eigenvalue weighted by atomic mass is 9.78. The van der Waals surface area contributed by atoms with Crippen molar-refractivity contribution < 1.29 is 14.3 Å². The number of amides is 1. The molecule has 28 heavy (non-hydrogen) atoms. The molecule has 6 heteroatoms. The number of nitrogens with zero attached hydrogens (tertiary/aromatic N) is 3. The van der Waals surface area contributed by atoms with Crippen molar-refractivity contribution in [2.75, 3.05) is 37.7 Å². The zero-order chi connectivity index (χ0) is 19.1. The molecule has 0 aromatic carbocycles. The number of hydrogen-bond donors (Lipinski definition) is 0. The van der Waals surface area contributed by atoms with E-state index in [4.69, 9.17) is 9.72 Å². The number of rotatable bonds is 5. The van der Waals surface area contributed by atoms with E-state index in [-0.39, 0.29) is 17.8 Å². The highest BCUT2D eigenvalue weighted by Crippen LogP contribution is 2.46. The van der Waals surface area contributed by atoms with Gasteiger partial charge >= 0.3 is 5.97 Å². The second-order valence-electron chi connectivity index (χ2n) is 9.30. The number of carbonyl (C=O) groups excluding carboxylic acids is 2. The van der Waals surface area contributed by atoms with Gasteiger partial charge < -0.3 is 14.5 Å². The number of esters is 1. The normalized spacial score (nSPS) is 26.3. The first kappa shape index (κ1) is 18.0. The van der Waals surface area contributed by atoms with Crippen molar-refractivity contribution in [2.45, 2.75) is 50.9 Å². The molecule has 4 fully saturated rings. The van der Waals surface area contributed by atoms with Crippen molar-refractivity contribution in [1.29, 1.82) is 0 Å². The molecule has 3 aliphatic heterocycles. The zero-order valence-corrected chi connectivity index (χ0v) is 16.4. The number of anilines is 1. The number of aromatic nitrogens is 1. The Hall–Kier alpha value is -2.11. The lowest BCUT2D eigenvalue weighted by molar-refractivity contribution is -0.138. The van der Waals surface area contributed by atoms with Gasteiger partial charge in [0.1, 0.15) is 5.82 Å². The number of carbonyl (C=O) groups is 2. The Morgan fingerprint density at radius 3 is 2.64 bits per heavy atom. The molecule has 1 spiro atoms. The summed E-state index contributed by atoms with van der Waals surface area (Å²) < 4.78 is 4.97. The van der Waals surface area contributed by atoms with Crippen LogP contribution in [0.25, 0.3) is 0 Å². The van der Waals surface area contributed by atoms with Crippen molar-refractivity contribution >= 4 is 17.7 Å². The van der Waals surface area contributed by atoms with E-state index in [1.807, 2.05) is 11.1 Å². The van der Waals surface area contributed by atoms with E-state index < -0.39 is 0 Å². The lowest BCUT2D eigenvalue weighted by Crippen LogP contribution is -2.55. The summed E-state index contributed by atoms with van der Waals surface area (Å²) in [5.74, 6) is 1.79. The van der Waals surface area contributed by atoms with E-state index in [9.17, 15) is 9.59 Å². The predicted molar refractivity (Wildman–Crippen MR) is 105 cm³/mol. The summed E-state index contributed by atoms with van der Waals surface area (Å²) in [6.07, 6.45) is 9.29. The van der Waals surface area contributed by atoms with E-state index >= 15 is 0 Å². The zero-order valence-electron chi connectivity index (χ0n) is 16.4. The minimum Gasteiger partial charge on any atom is -0.465 e. The van der Waals surface area contributed by atoms with Crippen LogP contribution in [0.1, 0.15) is 56.4 Å². The van der Waals surface area contributed by atoms with Crippen LogP contribution in [0.5, 0.6) is 0 Å². The summed E-state index contributed by atoms with van der Waals surface area (Å²) >= 11 is 0. The van der Waals surface area contributed by atoms with Crippen LogP contribution in [-0.4, -0.2) is 54.5 Å². The highest BCUT2D eigenvalue weighted by molar-refractivity contribution is 5.77. The molecule has 1 aliphatic carbocycles. The molecule has 0 radical (unpaired) electrons. The van der Waals surface area contributed by atoms with Crippen LogP contribution in [0.3, 0.4) is 0 Å². The molecule has 6 nitrogen and oxygen atoms in total. The summed E-state index contributed by atoms with van der Waals surface area (Å²) in [6.45, 7) is 4.38. The SMILES string of the molecule is O=C1C[C@H](CCC(=O)N2CC(c3ccc(N4CC5(CCCC5)C4)nc3)C2)CO1. The average Bonchev–Trinajstić information content (AvgIpc) is 3.27.